The smallest absolute Gasteiger partial charge is 0.0530 e. The molecule has 0 atom stereocenters. The van der Waals surface area contributed by atoms with E-state index in [1.807, 2.05) is 6.20 Å². The number of nitrogens with one attached hydrogen (secondary N) is 1. The topological polar surface area (TPSA) is 28.7 Å². The number of alkyl halides is 1. The van der Waals surface area contributed by atoms with E-state index in [1.165, 1.54) is 36.9 Å². The highest BCUT2D eigenvalue weighted by Gasteiger charge is 2.02. The van der Waals surface area contributed by atoms with Crippen molar-refractivity contribution in [2.45, 2.75) is 44.4 Å². The van der Waals surface area contributed by atoms with Crippen LogP contribution >= 0.6 is 15.9 Å². The van der Waals surface area contributed by atoms with Crippen LogP contribution in [0.15, 0.2) is 6.20 Å². The number of unbranched alkanes of at least 4 members (excludes halogenated alkanes) is 3. The van der Waals surface area contributed by atoms with E-state index in [2.05, 4.69) is 33.1 Å². The van der Waals surface area contributed by atoms with Gasteiger partial charge in [-0.15, -0.1) is 0 Å². The molecule has 0 unspecified atom stereocenters. The van der Waals surface area contributed by atoms with E-state index in [9.17, 15) is 0 Å². The van der Waals surface area contributed by atoms with E-state index in [0.717, 1.165) is 11.8 Å². The van der Waals surface area contributed by atoms with Gasteiger partial charge in [0.15, 0.2) is 0 Å². The van der Waals surface area contributed by atoms with Crippen LogP contribution in [0.3, 0.4) is 0 Å². The number of aromatic amines is 1. The second-order valence-electron chi connectivity index (χ2n) is 3.32. The number of hydrogen-bond acceptors (Lipinski definition) is 1. The molecule has 0 spiro atoms. The molecule has 74 valence electrons. The minimum absolute atomic E-state index is 0.909. The second kappa shape index (κ2) is 6.19. The van der Waals surface area contributed by atoms with Crippen LogP contribution in [0.5, 0.6) is 0 Å². The predicted molar refractivity (Wildman–Crippen MR) is 59.1 cm³/mol. The van der Waals surface area contributed by atoms with Gasteiger partial charge < -0.3 is 0 Å². The number of aryl methyl sites for hydroxylation is 1. The zero-order chi connectivity index (χ0) is 9.52. The molecule has 0 radical (unpaired) electrons. The number of halogens is 1. The summed E-state index contributed by atoms with van der Waals surface area (Å²) in [5.74, 6) is 0. The van der Waals surface area contributed by atoms with Gasteiger partial charge in [0.2, 0.25) is 0 Å². The molecule has 0 aliphatic rings. The number of nitrogens with zero attached hydrogens (tertiary/aromatic N) is 1. The molecule has 0 aliphatic heterocycles. The molecule has 0 saturated carbocycles. The van der Waals surface area contributed by atoms with Crippen molar-refractivity contribution in [1.29, 1.82) is 0 Å². The Balaban J connectivity index is 2.27. The van der Waals surface area contributed by atoms with Crippen LogP contribution < -0.4 is 0 Å². The van der Waals surface area contributed by atoms with Crippen molar-refractivity contribution >= 4 is 15.9 Å². The zero-order valence-electron chi connectivity index (χ0n) is 8.15. The normalized spacial score (nSPS) is 10.6. The average Bonchev–Trinajstić information content (AvgIpc) is 2.60. The van der Waals surface area contributed by atoms with Crippen LogP contribution in [-0.2, 0) is 11.8 Å². The molecule has 1 rings (SSSR count). The molecule has 2 nitrogen and oxygen atoms in total. The Kier molecular flexibility index (Phi) is 5.13. The summed E-state index contributed by atoms with van der Waals surface area (Å²) in [5, 5.41) is 8.00. The zero-order valence-corrected chi connectivity index (χ0v) is 9.73. The number of rotatable bonds is 6. The van der Waals surface area contributed by atoms with Crippen molar-refractivity contribution in [2.75, 3.05) is 0 Å². The maximum absolute atomic E-state index is 4.04. The first kappa shape index (κ1) is 10.8. The fraction of sp³-hybridized carbons (Fsp3) is 0.700. The Bertz CT molecular complexity index is 233. The minimum atomic E-state index is 0.909. The van der Waals surface area contributed by atoms with Gasteiger partial charge in [-0.3, -0.25) is 5.10 Å². The van der Waals surface area contributed by atoms with Gasteiger partial charge in [0.1, 0.15) is 0 Å². The van der Waals surface area contributed by atoms with Gasteiger partial charge >= 0.3 is 0 Å². The molecule has 0 bridgehead atoms. The quantitative estimate of drug-likeness (QED) is 0.603. The maximum atomic E-state index is 4.04. The van der Waals surface area contributed by atoms with E-state index in [1.54, 1.807) is 0 Å². The first-order chi connectivity index (χ1) is 6.38. The predicted octanol–water partition coefficient (Wildman–Crippen LogP) is 3.43. The lowest BCUT2D eigenvalue weighted by atomic mass is 10.1. The van der Waals surface area contributed by atoms with Crippen LogP contribution in [0.4, 0.5) is 0 Å². The van der Waals surface area contributed by atoms with Gasteiger partial charge in [-0.1, -0.05) is 42.1 Å². The van der Waals surface area contributed by atoms with E-state index in [-0.39, 0.29) is 0 Å². The van der Waals surface area contributed by atoms with E-state index in [4.69, 9.17) is 0 Å². The summed E-state index contributed by atoms with van der Waals surface area (Å²) in [7, 11) is 0. The third-order valence-electron chi connectivity index (χ3n) is 2.23. The summed E-state index contributed by atoms with van der Waals surface area (Å²) in [5.41, 5.74) is 2.60. The SMILES string of the molecule is CCCCCCc1[nH]ncc1CBr. The Labute approximate surface area is 88.3 Å². The largest absolute Gasteiger partial charge is 0.282 e. The molecule has 13 heavy (non-hydrogen) atoms. The number of hydrogen-bond donors (Lipinski definition) is 1. The molecule has 1 aromatic heterocycles. The van der Waals surface area contributed by atoms with Crippen LogP contribution in [0, 0.1) is 0 Å². The molecule has 1 heterocycles. The van der Waals surface area contributed by atoms with Gasteiger partial charge in [0.05, 0.1) is 6.20 Å². The van der Waals surface area contributed by atoms with E-state index < -0.39 is 0 Å². The summed E-state index contributed by atoms with van der Waals surface area (Å²) in [6.07, 6.45) is 8.30. The molecule has 1 aromatic rings. The van der Waals surface area contributed by atoms with Crippen molar-refractivity contribution in [3.63, 3.8) is 0 Å². The Morgan fingerprint density at radius 3 is 2.92 bits per heavy atom. The molecule has 0 fully saturated rings. The number of H-pyrrole nitrogens is 1. The molecular weight excluding hydrogens is 228 g/mol. The van der Waals surface area contributed by atoms with Crippen molar-refractivity contribution in [3.8, 4) is 0 Å². The van der Waals surface area contributed by atoms with Crippen LogP contribution in [-0.4, -0.2) is 10.2 Å². The van der Waals surface area contributed by atoms with Gasteiger partial charge in [0, 0.05) is 16.6 Å². The second-order valence-corrected chi connectivity index (χ2v) is 3.88. The Morgan fingerprint density at radius 2 is 2.23 bits per heavy atom. The van der Waals surface area contributed by atoms with Crippen LogP contribution in [0.1, 0.15) is 43.9 Å². The Hall–Kier alpha value is -0.310. The van der Waals surface area contributed by atoms with Crippen molar-refractivity contribution < 1.29 is 0 Å². The van der Waals surface area contributed by atoms with Gasteiger partial charge in [0.25, 0.3) is 0 Å². The lowest BCUT2D eigenvalue weighted by Crippen LogP contribution is -1.90. The summed E-state index contributed by atoms with van der Waals surface area (Å²) in [6, 6.07) is 0. The third kappa shape index (κ3) is 3.51. The standard InChI is InChI=1S/C10H17BrN2/c1-2-3-4-5-6-10-9(7-11)8-12-13-10/h8H,2-7H2,1H3,(H,12,13). The highest BCUT2D eigenvalue weighted by Crippen LogP contribution is 2.12. The lowest BCUT2D eigenvalue weighted by molar-refractivity contribution is 0.658. The van der Waals surface area contributed by atoms with Crippen molar-refractivity contribution in [1.82, 2.24) is 10.2 Å². The highest BCUT2D eigenvalue weighted by atomic mass is 79.9. The summed E-state index contributed by atoms with van der Waals surface area (Å²) < 4.78 is 0. The summed E-state index contributed by atoms with van der Waals surface area (Å²) >= 11 is 3.45. The maximum Gasteiger partial charge on any atom is 0.0530 e. The molecule has 3 heteroatoms. The van der Waals surface area contributed by atoms with Crippen LogP contribution in [0.2, 0.25) is 0 Å². The molecule has 0 aliphatic carbocycles. The molecule has 0 saturated heterocycles. The highest BCUT2D eigenvalue weighted by molar-refractivity contribution is 9.08. The summed E-state index contributed by atoms with van der Waals surface area (Å²) in [6.45, 7) is 2.24. The molecule has 0 aromatic carbocycles. The summed E-state index contributed by atoms with van der Waals surface area (Å²) in [4.78, 5) is 0. The van der Waals surface area contributed by atoms with Gasteiger partial charge in [-0.25, -0.2) is 0 Å². The van der Waals surface area contributed by atoms with E-state index in [0.29, 0.717) is 0 Å². The van der Waals surface area contributed by atoms with Crippen molar-refractivity contribution in [2.24, 2.45) is 0 Å². The minimum Gasteiger partial charge on any atom is -0.282 e. The molecular formula is C10H17BrN2. The van der Waals surface area contributed by atoms with Crippen molar-refractivity contribution in [3.05, 3.63) is 17.5 Å². The average molecular weight is 245 g/mol. The fourth-order valence-electron chi connectivity index (χ4n) is 1.40. The van der Waals surface area contributed by atoms with Gasteiger partial charge in [-0.2, -0.15) is 5.10 Å². The van der Waals surface area contributed by atoms with Crippen LogP contribution in [0.25, 0.3) is 0 Å². The lowest BCUT2D eigenvalue weighted by Gasteiger charge is -1.99. The van der Waals surface area contributed by atoms with E-state index >= 15 is 0 Å². The van der Waals surface area contributed by atoms with Gasteiger partial charge in [-0.05, 0) is 12.8 Å². The third-order valence-corrected chi connectivity index (χ3v) is 2.84. The molecule has 0 amide bonds. The first-order valence-electron chi connectivity index (χ1n) is 4.95. The fourth-order valence-corrected chi connectivity index (χ4v) is 1.88. The molecule has 1 N–H and O–H groups in total. The monoisotopic (exact) mass is 244 g/mol. The Morgan fingerprint density at radius 1 is 1.38 bits per heavy atom. The first-order valence-corrected chi connectivity index (χ1v) is 6.07. The number of aromatic nitrogens is 2.